The molecule has 1 amide bonds. The van der Waals surface area contributed by atoms with Crippen LogP contribution in [-0.2, 0) is 16.0 Å². The van der Waals surface area contributed by atoms with Crippen LogP contribution >= 0.6 is 0 Å². The number of para-hydroxylation sites is 1. The number of alkyl halides is 3. The van der Waals surface area contributed by atoms with E-state index in [-0.39, 0.29) is 26.5 Å². The molecule has 1 aliphatic heterocycles. The SMILES string of the molecule is O=C(Nc1ccccc1C(F)(F)F)c1ccc2c(c1)S(=O)(=O)c1ccccc1C2=O. The average Bonchev–Trinajstić information content (AvgIpc) is 2.71. The van der Waals surface area contributed by atoms with E-state index in [0.29, 0.717) is 0 Å². The average molecular weight is 431 g/mol. The van der Waals surface area contributed by atoms with Gasteiger partial charge in [-0.25, -0.2) is 8.42 Å². The summed E-state index contributed by atoms with van der Waals surface area (Å²) in [7, 11) is -4.08. The van der Waals surface area contributed by atoms with Gasteiger partial charge in [0.05, 0.1) is 21.0 Å². The molecule has 0 saturated heterocycles. The standard InChI is InChI=1S/C21H12F3NO4S/c22-21(23,24)15-6-2-3-7-16(15)25-20(27)12-9-10-14-18(11-12)30(28,29)17-8-4-1-5-13(17)19(14)26/h1-11H,(H,25,27). The highest BCUT2D eigenvalue weighted by Gasteiger charge is 2.36. The van der Waals surface area contributed by atoms with Crippen LogP contribution in [0.3, 0.4) is 0 Å². The van der Waals surface area contributed by atoms with Crippen molar-refractivity contribution in [3.05, 3.63) is 89.0 Å². The normalized spacial score (nSPS) is 14.6. The molecule has 0 aliphatic carbocycles. The Morgan fingerprint density at radius 3 is 2.20 bits per heavy atom. The number of carbonyl (C=O) groups excluding carboxylic acids is 2. The van der Waals surface area contributed by atoms with Crippen LogP contribution in [0.25, 0.3) is 0 Å². The number of fused-ring (bicyclic) bond motifs is 2. The van der Waals surface area contributed by atoms with E-state index in [1.165, 1.54) is 48.5 Å². The van der Waals surface area contributed by atoms with Gasteiger partial charge in [0.2, 0.25) is 9.84 Å². The molecule has 0 spiro atoms. The summed E-state index contributed by atoms with van der Waals surface area (Å²) in [6.07, 6.45) is -4.68. The molecular weight excluding hydrogens is 419 g/mol. The van der Waals surface area contributed by atoms with Crippen molar-refractivity contribution in [1.29, 1.82) is 0 Å². The Hall–Kier alpha value is -3.46. The Morgan fingerprint density at radius 2 is 1.47 bits per heavy atom. The van der Waals surface area contributed by atoms with Crippen LogP contribution < -0.4 is 5.32 Å². The number of hydrogen-bond acceptors (Lipinski definition) is 4. The van der Waals surface area contributed by atoms with Gasteiger partial charge in [-0.05, 0) is 42.5 Å². The second-order valence-corrected chi connectivity index (χ2v) is 8.42. The van der Waals surface area contributed by atoms with Crippen LogP contribution in [0, 0.1) is 0 Å². The summed E-state index contributed by atoms with van der Waals surface area (Å²) < 4.78 is 65.3. The van der Waals surface area contributed by atoms with Crippen LogP contribution in [-0.4, -0.2) is 20.1 Å². The summed E-state index contributed by atoms with van der Waals surface area (Å²) >= 11 is 0. The molecule has 0 atom stereocenters. The highest BCUT2D eigenvalue weighted by Crippen LogP contribution is 2.36. The quantitative estimate of drug-likeness (QED) is 0.512. The minimum absolute atomic E-state index is 0.0290. The van der Waals surface area contributed by atoms with Gasteiger partial charge in [-0.15, -0.1) is 0 Å². The highest BCUT2D eigenvalue weighted by molar-refractivity contribution is 7.91. The van der Waals surface area contributed by atoms with Gasteiger partial charge in [0.15, 0.2) is 5.78 Å². The first-order valence-corrected chi connectivity index (χ1v) is 10.1. The summed E-state index contributed by atoms with van der Waals surface area (Å²) in [4.78, 5) is 24.7. The van der Waals surface area contributed by atoms with Crippen molar-refractivity contribution in [2.24, 2.45) is 0 Å². The second kappa shape index (κ2) is 6.81. The maximum absolute atomic E-state index is 13.1. The summed E-state index contributed by atoms with van der Waals surface area (Å²) in [5.74, 6) is -1.44. The van der Waals surface area contributed by atoms with Gasteiger partial charge in [-0.1, -0.05) is 24.3 Å². The number of sulfone groups is 1. The van der Waals surface area contributed by atoms with E-state index in [1.807, 2.05) is 0 Å². The molecule has 5 nitrogen and oxygen atoms in total. The third-order valence-electron chi connectivity index (χ3n) is 4.68. The minimum atomic E-state index is -4.68. The smallest absolute Gasteiger partial charge is 0.321 e. The molecule has 0 aromatic heterocycles. The summed E-state index contributed by atoms with van der Waals surface area (Å²) in [6, 6.07) is 13.5. The molecular formula is C21H12F3NO4S. The number of hydrogen-bond donors (Lipinski definition) is 1. The molecule has 0 radical (unpaired) electrons. The summed E-state index contributed by atoms with van der Waals surface area (Å²) in [5.41, 5.74) is -1.76. The largest absolute Gasteiger partial charge is 0.418 e. The number of amides is 1. The molecule has 1 heterocycles. The molecule has 1 aliphatic rings. The van der Waals surface area contributed by atoms with Crippen LogP contribution in [0.2, 0.25) is 0 Å². The van der Waals surface area contributed by atoms with Crippen molar-refractivity contribution in [2.45, 2.75) is 16.0 Å². The predicted octanol–water partition coefficient (Wildman–Crippen LogP) is 4.33. The van der Waals surface area contributed by atoms with Crippen molar-refractivity contribution in [2.75, 3.05) is 5.32 Å². The predicted molar refractivity (Wildman–Crippen MR) is 101 cm³/mol. The van der Waals surface area contributed by atoms with E-state index in [4.69, 9.17) is 0 Å². The van der Waals surface area contributed by atoms with Crippen molar-refractivity contribution in [3.8, 4) is 0 Å². The molecule has 1 N–H and O–H groups in total. The lowest BCUT2D eigenvalue weighted by molar-refractivity contribution is -0.136. The fraction of sp³-hybridized carbons (Fsp3) is 0.0476. The number of halogens is 3. The third-order valence-corrected chi connectivity index (χ3v) is 6.53. The lowest BCUT2D eigenvalue weighted by Crippen LogP contribution is -2.22. The van der Waals surface area contributed by atoms with Gasteiger partial charge in [0.25, 0.3) is 5.91 Å². The van der Waals surface area contributed by atoms with Gasteiger partial charge in [-0.3, -0.25) is 9.59 Å². The second-order valence-electron chi connectivity index (χ2n) is 6.54. The Morgan fingerprint density at radius 1 is 0.833 bits per heavy atom. The Kier molecular flexibility index (Phi) is 4.50. The first-order valence-electron chi connectivity index (χ1n) is 8.61. The number of anilines is 1. The molecule has 3 aromatic rings. The summed E-state index contributed by atoms with van der Waals surface area (Å²) in [5, 5.41) is 2.16. The molecule has 0 bridgehead atoms. The van der Waals surface area contributed by atoms with Crippen molar-refractivity contribution < 1.29 is 31.2 Å². The number of rotatable bonds is 2. The summed E-state index contributed by atoms with van der Waals surface area (Å²) in [6.45, 7) is 0. The fourth-order valence-corrected chi connectivity index (χ4v) is 4.94. The lowest BCUT2D eigenvalue weighted by Gasteiger charge is -2.19. The zero-order valence-corrected chi connectivity index (χ0v) is 15.8. The maximum Gasteiger partial charge on any atom is 0.418 e. The fourth-order valence-electron chi connectivity index (χ4n) is 3.26. The van der Waals surface area contributed by atoms with Gasteiger partial charge < -0.3 is 5.32 Å². The van der Waals surface area contributed by atoms with Crippen LogP contribution in [0.5, 0.6) is 0 Å². The van der Waals surface area contributed by atoms with E-state index in [9.17, 15) is 31.2 Å². The van der Waals surface area contributed by atoms with Crippen molar-refractivity contribution in [1.82, 2.24) is 0 Å². The molecule has 0 fully saturated rings. The number of nitrogens with one attached hydrogen (secondary N) is 1. The first-order chi connectivity index (χ1) is 14.1. The molecule has 30 heavy (non-hydrogen) atoms. The van der Waals surface area contributed by atoms with E-state index < -0.39 is 39.0 Å². The number of carbonyl (C=O) groups is 2. The molecule has 4 rings (SSSR count). The molecule has 3 aromatic carbocycles. The van der Waals surface area contributed by atoms with Gasteiger partial charge in [0.1, 0.15) is 0 Å². The Bertz CT molecular complexity index is 1310. The molecule has 0 saturated carbocycles. The molecule has 9 heteroatoms. The third kappa shape index (κ3) is 3.17. The molecule has 152 valence electrons. The maximum atomic E-state index is 13.1. The van der Waals surface area contributed by atoms with Crippen molar-refractivity contribution >= 4 is 27.2 Å². The minimum Gasteiger partial charge on any atom is -0.321 e. The van der Waals surface area contributed by atoms with E-state index in [1.54, 1.807) is 0 Å². The highest BCUT2D eigenvalue weighted by atomic mass is 32.2. The van der Waals surface area contributed by atoms with E-state index >= 15 is 0 Å². The van der Waals surface area contributed by atoms with Crippen LogP contribution in [0.15, 0.2) is 76.5 Å². The Labute approximate surface area is 169 Å². The Balaban J connectivity index is 1.75. The van der Waals surface area contributed by atoms with E-state index in [0.717, 1.165) is 18.2 Å². The van der Waals surface area contributed by atoms with Gasteiger partial charge in [-0.2, -0.15) is 13.2 Å². The topological polar surface area (TPSA) is 80.3 Å². The zero-order chi connectivity index (χ0) is 21.7. The van der Waals surface area contributed by atoms with Gasteiger partial charge in [0, 0.05) is 16.7 Å². The number of benzene rings is 3. The molecule has 0 unspecified atom stereocenters. The van der Waals surface area contributed by atoms with Crippen LogP contribution in [0.1, 0.15) is 31.8 Å². The zero-order valence-electron chi connectivity index (χ0n) is 15.0. The van der Waals surface area contributed by atoms with E-state index in [2.05, 4.69) is 5.32 Å². The number of ketones is 1. The van der Waals surface area contributed by atoms with Crippen LogP contribution in [0.4, 0.5) is 18.9 Å². The first kappa shape index (κ1) is 19.8. The van der Waals surface area contributed by atoms with Crippen molar-refractivity contribution in [3.63, 3.8) is 0 Å². The lowest BCUT2D eigenvalue weighted by atomic mass is 10.0. The van der Waals surface area contributed by atoms with Gasteiger partial charge >= 0.3 is 6.18 Å². The monoisotopic (exact) mass is 431 g/mol.